The lowest BCUT2D eigenvalue weighted by Crippen LogP contribution is -2.58. The van der Waals surface area contributed by atoms with Crippen LogP contribution < -0.4 is 19.7 Å². The largest absolute Gasteiger partial charge is 0.497 e. The Morgan fingerprint density at radius 3 is 2.43 bits per heavy atom. The fourth-order valence-electron chi connectivity index (χ4n) is 4.58. The smallest absolute Gasteiger partial charge is 0.347 e. The summed E-state index contributed by atoms with van der Waals surface area (Å²) in [4.78, 5) is 47.3. The number of aryl methyl sites for hydroxylation is 2. The minimum absolute atomic E-state index is 0.149. The molecule has 0 saturated carbocycles. The summed E-state index contributed by atoms with van der Waals surface area (Å²) in [5, 5.41) is 23.1. The number of carbonyl (C=O) groups excluding carboxylic acids is 1. The third-order valence-electron chi connectivity index (χ3n) is 6.06. The van der Waals surface area contributed by atoms with Gasteiger partial charge in [-0.05, 0) is 43.7 Å². The summed E-state index contributed by atoms with van der Waals surface area (Å²) in [6.07, 6.45) is -1.68. The molecule has 3 N–H and O–H groups in total. The normalized spacial score (nSPS) is 17.9. The summed E-state index contributed by atoms with van der Waals surface area (Å²) >= 11 is 0. The SMILES string of the molecule is COc1cccc(C2(C(Oc3nc(C)cc(C)n3)C(=O)O)NCC(=O)N(CC(=O)O)c3ccccc32)c1. The molecule has 0 radical (unpaired) electrons. The van der Waals surface area contributed by atoms with Gasteiger partial charge in [0.2, 0.25) is 12.0 Å². The summed E-state index contributed by atoms with van der Waals surface area (Å²) in [5.74, 6) is -2.67. The Balaban J connectivity index is 2.02. The molecule has 0 bridgehead atoms. The van der Waals surface area contributed by atoms with Gasteiger partial charge >= 0.3 is 17.9 Å². The molecule has 11 nitrogen and oxygen atoms in total. The van der Waals surface area contributed by atoms with Crippen molar-refractivity contribution in [3.05, 3.63) is 77.1 Å². The van der Waals surface area contributed by atoms with Gasteiger partial charge in [0.15, 0.2) is 0 Å². The second-order valence-electron chi connectivity index (χ2n) is 8.55. The van der Waals surface area contributed by atoms with E-state index in [0.29, 0.717) is 28.3 Å². The Labute approximate surface area is 212 Å². The van der Waals surface area contributed by atoms with Crippen LogP contribution in [0.5, 0.6) is 11.8 Å². The molecule has 1 aromatic heterocycles. The standard InChI is InChI=1S/C26H26N4O7/c1-15-11-16(2)29-25(28-15)37-23(24(34)35)26(17-7-6-8-18(12-17)36-3)19-9-4-5-10-20(19)30(14-22(32)33)21(31)13-27-26/h4-12,23,27H,13-14H2,1-3H3,(H,32,33)(H,34,35). The van der Waals surface area contributed by atoms with E-state index in [1.165, 1.54) is 7.11 Å². The number of aromatic nitrogens is 2. The molecule has 192 valence electrons. The first-order valence-electron chi connectivity index (χ1n) is 11.4. The van der Waals surface area contributed by atoms with Gasteiger partial charge in [-0.1, -0.05) is 30.3 Å². The molecule has 0 saturated heterocycles. The van der Waals surface area contributed by atoms with E-state index >= 15 is 0 Å². The van der Waals surface area contributed by atoms with Crippen molar-refractivity contribution < 1.29 is 34.1 Å². The number of fused-ring (bicyclic) bond motifs is 1. The van der Waals surface area contributed by atoms with Crippen molar-refractivity contribution in [2.75, 3.05) is 25.1 Å². The van der Waals surface area contributed by atoms with Gasteiger partial charge in [-0.2, -0.15) is 0 Å². The van der Waals surface area contributed by atoms with E-state index in [1.54, 1.807) is 68.4 Å². The first-order valence-corrected chi connectivity index (χ1v) is 11.4. The van der Waals surface area contributed by atoms with Gasteiger partial charge < -0.3 is 19.7 Å². The maximum Gasteiger partial charge on any atom is 0.347 e. The monoisotopic (exact) mass is 506 g/mol. The number of para-hydroxylation sites is 1. The van der Waals surface area contributed by atoms with E-state index in [4.69, 9.17) is 9.47 Å². The number of carboxylic acid groups (broad SMARTS) is 2. The fraction of sp³-hybridized carbons (Fsp3) is 0.269. The number of rotatable bonds is 8. The number of anilines is 1. The van der Waals surface area contributed by atoms with Crippen LogP contribution in [-0.4, -0.2) is 64.3 Å². The molecule has 2 unspecified atom stereocenters. The average Bonchev–Trinajstić information content (AvgIpc) is 2.97. The van der Waals surface area contributed by atoms with E-state index in [9.17, 15) is 24.6 Å². The number of hydrogen-bond donors (Lipinski definition) is 3. The number of methoxy groups -OCH3 is 1. The molecule has 2 aromatic carbocycles. The molecule has 3 aromatic rings. The number of amides is 1. The zero-order chi connectivity index (χ0) is 26.7. The van der Waals surface area contributed by atoms with Gasteiger partial charge in [0.25, 0.3) is 0 Å². The summed E-state index contributed by atoms with van der Waals surface area (Å²) in [5.41, 5.74) is 0.464. The highest BCUT2D eigenvalue weighted by Gasteiger charge is 2.52. The number of aliphatic carboxylic acids is 2. The maximum atomic E-state index is 13.2. The second kappa shape index (κ2) is 10.2. The van der Waals surface area contributed by atoms with E-state index in [2.05, 4.69) is 15.3 Å². The maximum absolute atomic E-state index is 13.2. The topological polar surface area (TPSA) is 151 Å². The predicted octanol–water partition coefficient (Wildman–Crippen LogP) is 1.90. The van der Waals surface area contributed by atoms with Gasteiger partial charge in [0.05, 0.1) is 13.7 Å². The minimum Gasteiger partial charge on any atom is -0.497 e. The summed E-state index contributed by atoms with van der Waals surface area (Å²) in [7, 11) is 1.48. The first kappa shape index (κ1) is 25.6. The van der Waals surface area contributed by atoms with Crippen molar-refractivity contribution in [3.8, 4) is 11.8 Å². The highest BCUT2D eigenvalue weighted by Crippen LogP contribution is 2.42. The van der Waals surface area contributed by atoms with Gasteiger partial charge in [-0.15, -0.1) is 0 Å². The highest BCUT2D eigenvalue weighted by molar-refractivity contribution is 6.00. The van der Waals surface area contributed by atoms with Gasteiger partial charge in [-0.25, -0.2) is 14.8 Å². The molecule has 11 heteroatoms. The fourth-order valence-corrected chi connectivity index (χ4v) is 4.58. The highest BCUT2D eigenvalue weighted by atomic mass is 16.5. The first-order chi connectivity index (χ1) is 17.6. The van der Waals surface area contributed by atoms with Crippen LogP contribution in [0, 0.1) is 13.8 Å². The lowest BCUT2D eigenvalue weighted by atomic mass is 9.77. The zero-order valence-corrected chi connectivity index (χ0v) is 20.5. The van der Waals surface area contributed by atoms with Gasteiger partial charge in [0.1, 0.15) is 17.8 Å². The molecule has 2 heterocycles. The lowest BCUT2D eigenvalue weighted by Gasteiger charge is -2.39. The summed E-state index contributed by atoms with van der Waals surface area (Å²) < 4.78 is 11.4. The minimum atomic E-state index is -1.68. The van der Waals surface area contributed by atoms with E-state index in [0.717, 1.165) is 4.90 Å². The van der Waals surface area contributed by atoms with Crippen molar-refractivity contribution in [2.24, 2.45) is 0 Å². The Morgan fingerprint density at radius 2 is 1.78 bits per heavy atom. The van der Waals surface area contributed by atoms with Crippen LogP contribution >= 0.6 is 0 Å². The van der Waals surface area contributed by atoms with Gasteiger partial charge in [-0.3, -0.25) is 19.8 Å². The molecule has 4 rings (SSSR count). The molecular weight excluding hydrogens is 480 g/mol. The van der Waals surface area contributed by atoms with Crippen LogP contribution in [0.1, 0.15) is 22.5 Å². The molecule has 1 aliphatic rings. The quantitative estimate of drug-likeness (QED) is 0.413. The van der Waals surface area contributed by atoms with Crippen LogP contribution in [-0.2, 0) is 19.9 Å². The van der Waals surface area contributed by atoms with E-state index in [1.807, 2.05) is 0 Å². The van der Waals surface area contributed by atoms with Gasteiger partial charge in [0, 0.05) is 22.6 Å². The molecule has 1 amide bonds. The van der Waals surface area contributed by atoms with Crippen molar-refractivity contribution in [1.29, 1.82) is 0 Å². The number of ether oxygens (including phenoxy) is 2. The van der Waals surface area contributed by atoms with Crippen molar-refractivity contribution in [1.82, 2.24) is 15.3 Å². The molecule has 0 fully saturated rings. The summed E-state index contributed by atoms with van der Waals surface area (Å²) in [6, 6.07) is 14.8. The van der Waals surface area contributed by atoms with Crippen molar-refractivity contribution >= 4 is 23.5 Å². The van der Waals surface area contributed by atoms with Crippen LogP contribution in [0.2, 0.25) is 0 Å². The molecular formula is C26H26N4O7. The number of nitrogens with zero attached hydrogens (tertiary/aromatic N) is 3. The number of hydrogen-bond acceptors (Lipinski definition) is 8. The van der Waals surface area contributed by atoms with Crippen LogP contribution in [0.3, 0.4) is 0 Å². The average molecular weight is 507 g/mol. The number of carboxylic acids is 2. The van der Waals surface area contributed by atoms with Crippen LogP contribution in [0.15, 0.2) is 54.6 Å². The van der Waals surface area contributed by atoms with E-state index < -0.39 is 36.0 Å². The third-order valence-corrected chi connectivity index (χ3v) is 6.06. The molecule has 0 spiro atoms. The number of carbonyl (C=O) groups is 3. The Kier molecular flexibility index (Phi) is 7.07. The third kappa shape index (κ3) is 4.94. The second-order valence-corrected chi connectivity index (χ2v) is 8.55. The molecule has 37 heavy (non-hydrogen) atoms. The van der Waals surface area contributed by atoms with Crippen LogP contribution in [0.4, 0.5) is 5.69 Å². The Hall–Kier alpha value is -4.51. The molecule has 0 aliphatic carbocycles. The molecule has 1 aliphatic heterocycles. The Morgan fingerprint density at radius 1 is 1.08 bits per heavy atom. The number of benzene rings is 2. The zero-order valence-electron chi connectivity index (χ0n) is 20.5. The van der Waals surface area contributed by atoms with Crippen LogP contribution in [0.25, 0.3) is 0 Å². The van der Waals surface area contributed by atoms with Crippen molar-refractivity contribution in [3.63, 3.8) is 0 Å². The Bertz CT molecular complexity index is 1340. The predicted molar refractivity (Wildman–Crippen MR) is 132 cm³/mol. The molecule has 2 atom stereocenters. The number of nitrogens with one attached hydrogen (secondary N) is 1. The summed E-state index contributed by atoms with van der Waals surface area (Å²) in [6.45, 7) is 2.48. The van der Waals surface area contributed by atoms with Crippen molar-refractivity contribution in [2.45, 2.75) is 25.5 Å². The lowest BCUT2D eigenvalue weighted by molar-refractivity contribution is -0.149. The van der Waals surface area contributed by atoms with E-state index in [-0.39, 0.29) is 18.2 Å².